The van der Waals surface area contributed by atoms with Gasteiger partial charge in [-0.1, -0.05) is 15.9 Å². The van der Waals surface area contributed by atoms with Crippen LogP contribution in [-0.4, -0.2) is 49.3 Å². The van der Waals surface area contributed by atoms with Gasteiger partial charge in [0.25, 0.3) is 0 Å². The molecule has 1 aromatic carbocycles. The molecule has 2 fully saturated rings. The Labute approximate surface area is 145 Å². The van der Waals surface area contributed by atoms with Gasteiger partial charge < -0.3 is 15.0 Å². The lowest BCUT2D eigenvalue weighted by atomic mass is 9.85. The third-order valence-electron chi connectivity index (χ3n) is 5.25. The lowest BCUT2D eigenvalue weighted by Gasteiger charge is -2.40. The van der Waals surface area contributed by atoms with E-state index in [1.165, 1.54) is 16.5 Å². The molecule has 124 valence electrons. The van der Waals surface area contributed by atoms with Crippen LogP contribution in [0, 0.1) is 5.92 Å². The normalized spacial score (nSPS) is 22.5. The SMILES string of the molecule is Brc1ccc2[nH]cc([C@H](C3CCOCC3)N3CCNCC3)c2c1. The van der Waals surface area contributed by atoms with E-state index in [1.54, 1.807) is 0 Å². The van der Waals surface area contributed by atoms with Crippen LogP contribution in [0.4, 0.5) is 0 Å². The summed E-state index contributed by atoms with van der Waals surface area (Å²) in [6.07, 6.45) is 4.56. The fraction of sp³-hybridized carbons (Fsp3) is 0.556. The minimum absolute atomic E-state index is 0.490. The highest BCUT2D eigenvalue weighted by Gasteiger charge is 2.32. The van der Waals surface area contributed by atoms with Gasteiger partial charge in [-0.3, -0.25) is 4.90 Å². The van der Waals surface area contributed by atoms with Crippen molar-refractivity contribution in [2.24, 2.45) is 5.92 Å². The third kappa shape index (κ3) is 3.20. The maximum atomic E-state index is 5.61. The van der Waals surface area contributed by atoms with E-state index in [-0.39, 0.29) is 0 Å². The van der Waals surface area contributed by atoms with Crippen molar-refractivity contribution in [2.75, 3.05) is 39.4 Å². The quantitative estimate of drug-likeness (QED) is 0.861. The van der Waals surface area contributed by atoms with Gasteiger partial charge in [0.2, 0.25) is 0 Å². The molecule has 2 aliphatic rings. The molecule has 0 amide bonds. The molecular weight excluding hydrogens is 354 g/mol. The number of H-pyrrole nitrogens is 1. The summed E-state index contributed by atoms with van der Waals surface area (Å²) < 4.78 is 6.76. The number of halogens is 1. The van der Waals surface area contributed by atoms with E-state index in [2.05, 4.69) is 55.5 Å². The van der Waals surface area contributed by atoms with Gasteiger partial charge in [-0.15, -0.1) is 0 Å². The van der Waals surface area contributed by atoms with E-state index in [9.17, 15) is 0 Å². The van der Waals surface area contributed by atoms with Crippen molar-refractivity contribution in [3.63, 3.8) is 0 Å². The Morgan fingerprint density at radius 1 is 1.17 bits per heavy atom. The van der Waals surface area contributed by atoms with Gasteiger partial charge in [0.15, 0.2) is 0 Å². The summed E-state index contributed by atoms with van der Waals surface area (Å²) in [5.41, 5.74) is 2.69. The molecule has 0 saturated carbocycles. The molecule has 0 bridgehead atoms. The second-order valence-electron chi connectivity index (χ2n) is 6.61. The number of hydrogen-bond acceptors (Lipinski definition) is 3. The van der Waals surface area contributed by atoms with E-state index in [1.807, 2.05) is 0 Å². The van der Waals surface area contributed by atoms with Gasteiger partial charge in [0.05, 0.1) is 0 Å². The average molecular weight is 378 g/mol. The molecule has 0 aliphatic carbocycles. The summed E-state index contributed by atoms with van der Waals surface area (Å²) in [4.78, 5) is 6.16. The first-order valence-electron chi connectivity index (χ1n) is 8.62. The van der Waals surface area contributed by atoms with E-state index in [0.717, 1.165) is 56.7 Å². The van der Waals surface area contributed by atoms with Crippen LogP contribution < -0.4 is 5.32 Å². The number of ether oxygens (including phenoxy) is 1. The number of rotatable bonds is 3. The number of hydrogen-bond donors (Lipinski definition) is 2. The Bertz CT molecular complexity index is 641. The summed E-state index contributed by atoms with van der Waals surface area (Å²) in [6, 6.07) is 7.03. The minimum atomic E-state index is 0.490. The van der Waals surface area contributed by atoms with Crippen LogP contribution in [0.3, 0.4) is 0 Å². The molecule has 1 aromatic heterocycles. The van der Waals surface area contributed by atoms with Crippen molar-refractivity contribution in [2.45, 2.75) is 18.9 Å². The van der Waals surface area contributed by atoms with Crippen molar-refractivity contribution in [1.29, 1.82) is 0 Å². The van der Waals surface area contributed by atoms with Crippen molar-refractivity contribution >= 4 is 26.8 Å². The predicted octanol–water partition coefficient (Wildman–Crippen LogP) is 3.30. The fourth-order valence-electron chi connectivity index (χ4n) is 4.10. The third-order valence-corrected chi connectivity index (χ3v) is 5.75. The Kier molecular flexibility index (Phi) is 4.71. The van der Waals surface area contributed by atoms with Gasteiger partial charge in [-0.2, -0.15) is 0 Å². The lowest BCUT2D eigenvalue weighted by molar-refractivity contribution is 0.0217. The van der Waals surface area contributed by atoms with E-state index >= 15 is 0 Å². The monoisotopic (exact) mass is 377 g/mol. The van der Waals surface area contributed by atoms with E-state index < -0.39 is 0 Å². The van der Waals surface area contributed by atoms with Crippen molar-refractivity contribution < 1.29 is 4.74 Å². The van der Waals surface area contributed by atoms with Crippen LogP contribution in [-0.2, 0) is 4.74 Å². The van der Waals surface area contributed by atoms with Crippen molar-refractivity contribution in [1.82, 2.24) is 15.2 Å². The summed E-state index contributed by atoms with van der Waals surface area (Å²) in [5.74, 6) is 0.680. The summed E-state index contributed by atoms with van der Waals surface area (Å²) in [6.45, 7) is 6.24. The largest absolute Gasteiger partial charge is 0.381 e. The molecule has 3 heterocycles. The average Bonchev–Trinajstić information content (AvgIpc) is 3.00. The van der Waals surface area contributed by atoms with Crippen LogP contribution in [0.1, 0.15) is 24.4 Å². The molecule has 0 unspecified atom stereocenters. The molecule has 1 atom stereocenters. The number of fused-ring (bicyclic) bond motifs is 1. The number of nitrogens with one attached hydrogen (secondary N) is 2. The molecule has 2 aliphatic heterocycles. The lowest BCUT2D eigenvalue weighted by Crippen LogP contribution is -2.47. The molecule has 23 heavy (non-hydrogen) atoms. The molecule has 4 nitrogen and oxygen atoms in total. The summed E-state index contributed by atoms with van der Waals surface area (Å²) >= 11 is 3.63. The van der Waals surface area contributed by atoms with Crippen molar-refractivity contribution in [3.8, 4) is 0 Å². The Morgan fingerprint density at radius 2 is 1.96 bits per heavy atom. The van der Waals surface area contributed by atoms with Gasteiger partial charge >= 0.3 is 0 Å². The number of aromatic nitrogens is 1. The molecule has 0 spiro atoms. The highest BCUT2D eigenvalue weighted by atomic mass is 79.9. The van der Waals surface area contributed by atoms with Crippen LogP contribution >= 0.6 is 15.9 Å². The summed E-state index contributed by atoms with van der Waals surface area (Å²) in [7, 11) is 0. The number of aromatic amines is 1. The second kappa shape index (κ2) is 6.93. The number of nitrogens with zero attached hydrogens (tertiary/aromatic N) is 1. The zero-order valence-corrected chi connectivity index (χ0v) is 14.9. The van der Waals surface area contributed by atoms with Gasteiger partial charge in [0, 0.05) is 67.0 Å². The summed E-state index contributed by atoms with van der Waals surface area (Å²) in [5, 5.41) is 4.84. The topological polar surface area (TPSA) is 40.3 Å². The standard InChI is InChI=1S/C18H24BrN3O/c19-14-1-2-17-15(11-14)16(12-21-17)18(13-3-9-23-10-4-13)22-7-5-20-6-8-22/h1-2,11-13,18,20-21H,3-10H2/t18-/m0/s1. The first-order valence-corrected chi connectivity index (χ1v) is 9.41. The fourth-order valence-corrected chi connectivity index (χ4v) is 4.46. The smallest absolute Gasteiger partial charge is 0.0469 e. The first kappa shape index (κ1) is 15.6. The van der Waals surface area contributed by atoms with Gasteiger partial charge in [-0.05, 0) is 42.5 Å². The molecular formula is C18H24BrN3O. The zero-order valence-electron chi connectivity index (χ0n) is 13.4. The maximum Gasteiger partial charge on any atom is 0.0469 e. The van der Waals surface area contributed by atoms with Crippen LogP contribution in [0.5, 0.6) is 0 Å². The second-order valence-corrected chi connectivity index (χ2v) is 7.53. The Hall–Kier alpha value is -0.880. The molecule has 5 heteroatoms. The molecule has 2 aromatic rings. The molecule has 0 radical (unpaired) electrons. The molecule has 2 N–H and O–H groups in total. The zero-order chi connectivity index (χ0) is 15.6. The number of piperazine rings is 1. The van der Waals surface area contributed by atoms with Gasteiger partial charge in [-0.25, -0.2) is 0 Å². The number of benzene rings is 1. The van der Waals surface area contributed by atoms with Crippen molar-refractivity contribution in [3.05, 3.63) is 34.4 Å². The highest BCUT2D eigenvalue weighted by Crippen LogP contribution is 2.39. The maximum absolute atomic E-state index is 5.61. The Balaban J connectivity index is 1.74. The van der Waals surface area contributed by atoms with E-state index in [0.29, 0.717) is 12.0 Å². The predicted molar refractivity (Wildman–Crippen MR) is 96.7 cm³/mol. The highest BCUT2D eigenvalue weighted by molar-refractivity contribution is 9.10. The van der Waals surface area contributed by atoms with Crippen LogP contribution in [0.15, 0.2) is 28.9 Å². The molecule has 2 saturated heterocycles. The van der Waals surface area contributed by atoms with Crippen LogP contribution in [0.2, 0.25) is 0 Å². The van der Waals surface area contributed by atoms with E-state index in [4.69, 9.17) is 4.74 Å². The van der Waals surface area contributed by atoms with Gasteiger partial charge in [0.1, 0.15) is 0 Å². The first-order chi connectivity index (χ1) is 11.3. The molecule has 4 rings (SSSR count). The van der Waals surface area contributed by atoms with Crippen LogP contribution in [0.25, 0.3) is 10.9 Å². The minimum Gasteiger partial charge on any atom is -0.381 e. The Morgan fingerprint density at radius 3 is 2.74 bits per heavy atom.